The van der Waals surface area contributed by atoms with E-state index < -0.39 is 0 Å². The first-order chi connectivity index (χ1) is 8.75. The van der Waals surface area contributed by atoms with Crippen LogP contribution < -0.4 is 4.90 Å². The Morgan fingerprint density at radius 1 is 1.44 bits per heavy atom. The van der Waals surface area contributed by atoms with Gasteiger partial charge < -0.3 is 14.4 Å². The van der Waals surface area contributed by atoms with Crippen LogP contribution in [0.1, 0.15) is 18.4 Å². The highest BCUT2D eigenvalue weighted by Crippen LogP contribution is 2.45. The summed E-state index contributed by atoms with van der Waals surface area (Å²) in [6.07, 6.45) is 2.89. The molecule has 0 N–H and O–H groups in total. The van der Waals surface area contributed by atoms with E-state index >= 15 is 0 Å². The quantitative estimate of drug-likeness (QED) is 0.605. The summed E-state index contributed by atoms with van der Waals surface area (Å²) in [7, 11) is 0. The second-order valence-electron chi connectivity index (χ2n) is 4.95. The third-order valence-corrected chi connectivity index (χ3v) is 4.16. The fourth-order valence-electron chi connectivity index (χ4n) is 3.04. The largest absolute Gasteiger partial charge is 0.381 e. The Bertz CT molecular complexity index is 472. The van der Waals surface area contributed by atoms with Crippen LogP contribution in [0.15, 0.2) is 12.1 Å². The third-order valence-electron chi connectivity index (χ3n) is 3.95. The molecule has 18 heavy (non-hydrogen) atoms. The molecule has 5 heteroatoms. The van der Waals surface area contributed by atoms with Crippen LogP contribution in [0.4, 0.5) is 5.82 Å². The molecule has 2 aliphatic rings. The summed E-state index contributed by atoms with van der Waals surface area (Å²) in [6, 6.07) is 3.89. The lowest BCUT2D eigenvalue weighted by molar-refractivity contribution is -0.106. The first-order valence-electron chi connectivity index (χ1n) is 6.18. The molecule has 96 valence electrons. The summed E-state index contributed by atoms with van der Waals surface area (Å²) in [4.78, 5) is 17.2. The molecule has 0 unspecified atom stereocenters. The zero-order valence-electron chi connectivity index (χ0n) is 10.1. The number of fused-ring (bicyclic) bond motifs is 2. The molecular formula is C13H15ClN2O2. The molecule has 0 aromatic carbocycles. The van der Waals surface area contributed by atoms with E-state index in [1.807, 2.05) is 11.0 Å². The van der Waals surface area contributed by atoms with Crippen LogP contribution in [0.5, 0.6) is 0 Å². The monoisotopic (exact) mass is 266 g/mol. The number of nitrogens with zero attached hydrogens (tertiary/aromatic N) is 2. The van der Waals surface area contributed by atoms with Crippen molar-refractivity contribution in [2.75, 3.05) is 31.2 Å². The lowest BCUT2D eigenvalue weighted by Gasteiger charge is -2.33. The number of rotatable bonds is 2. The highest BCUT2D eigenvalue weighted by atomic mass is 35.5. The molecule has 4 nitrogen and oxygen atoms in total. The summed E-state index contributed by atoms with van der Waals surface area (Å²) in [5, 5.41) is 0.480. The van der Waals surface area contributed by atoms with Gasteiger partial charge in [0.25, 0.3) is 0 Å². The van der Waals surface area contributed by atoms with Gasteiger partial charge in [0.15, 0.2) is 0 Å². The topological polar surface area (TPSA) is 42.4 Å². The molecule has 0 amide bonds. The molecule has 1 fully saturated rings. The maximum Gasteiger partial charge on any atom is 0.139 e. The minimum absolute atomic E-state index is 0.0915. The van der Waals surface area contributed by atoms with Gasteiger partial charge in [-0.05, 0) is 18.9 Å². The van der Waals surface area contributed by atoms with Gasteiger partial charge in [-0.3, -0.25) is 0 Å². The number of halogens is 1. The van der Waals surface area contributed by atoms with Gasteiger partial charge in [0.1, 0.15) is 17.3 Å². The van der Waals surface area contributed by atoms with Crippen LogP contribution >= 0.6 is 11.6 Å². The minimum Gasteiger partial charge on any atom is -0.381 e. The van der Waals surface area contributed by atoms with Crippen molar-refractivity contribution in [2.45, 2.75) is 18.3 Å². The molecule has 0 atom stereocenters. The second-order valence-corrected chi connectivity index (χ2v) is 5.33. The van der Waals surface area contributed by atoms with Gasteiger partial charge in [-0.2, -0.15) is 0 Å². The normalized spacial score (nSPS) is 21.1. The molecule has 0 saturated carbocycles. The number of hydrogen-bond donors (Lipinski definition) is 0. The van der Waals surface area contributed by atoms with E-state index in [0.717, 1.165) is 44.7 Å². The Morgan fingerprint density at radius 2 is 2.22 bits per heavy atom. The van der Waals surface area contributed by atoms with E-state index in [1.54, 1.807) is 0 Å². The molecule has 0 radical (unpaired) electrons. The van der Waals surface area contributed by atoms with Crippen molar-refractivity contribution in [3.05, 3.63) is 22.8 Å². The van der Waals surface area contributed by atoms with Gasteiger partial charge in [0.2, 0.25) is 0 Å². The van der Waals surface area contributed by atoms with Crippen molar-refractivity contribution < 1.29 is 9.53 Å². The molecule has 0 aliphatic carbocycles. The van der Waals surface area contributed by atoms with E-state index in [2.05, 4.69) is 11.1 Å². The van der Waals surface area contributed by atoms with Crippen molar-refractivity contribution >= 4 is 23.7 Å². The summed E-state index contributed by atoms with van der Waals surface area (Å²) in [6.45, 7) is 2.77. The smallest absolute Gasteiger partial charge is 0.139 e. The first-order valence-corrected chi connectivity index (χ1v) is 6.56. The molecule has 1 saturated heterocycles. The van der Waals surface area contributed by atoms with Crippen molar-refractivity contribution in [3.8, 4) is 0 Å². The van der Waals surface area contributed by atoms with Crippen LogP contribution in [0.25, 0.3) is 0 Å². The lowest BCUT2D eigenvalue weighted by Crippen LogP contribution is -2.39. The van der Waals surface area contributed by atoms with Gasteiger partial charge >= 0.3 is 0 Å². The Balaban J connectivity index is 2.04. The van der Waals surface area contributed by atoms with Crippen LogP contribution in [0.3, 0.4) is 0 Å². The standard InChI is InChI=1S/C13H15ClN2O2/c14-11-2-1-10-12(15-11)16(5-6-17)9-13(10)3-7-18-8-4-13/h1-2,6H,3-5,7-9H2. The molecule has 1 spiro atoms. The Labute approximate surface area is 111 Å². The fourth-order valence-corrected chi connectivity index (χ4v) is 3.18. The second kappa shape index (κ2) is 4.52. The van der Waals surface area contributed by atoms with Gasteiger partial charge in [0.05, 0.1) is 6.54 Å². The van der Waals surface area contributed by atoms with E-state index in [-0.39, 0.29) is 5.41 Å². The van der Waals surface area contributed by atoms with Crippen LogP contribution in [-0.2, 0) is 14.9 Å². The van der Waals surface area contributed by atoms with E-state index in [1.165, 1.54) is 5.56 Å². The lowest BCUT2D eigenvalue weighted by atomic mass is 9.76. The zero-order valence-corrected chi connectivity index (χ0v) is 10.8. The molecular weight excluding hydrogens is 252 g/mol. The Kier molecular flexibility index (Phi) is 2.99. The van der Waals surface area contributed by atoms with Gasteiger partial charge in [-0.15, -0.1) is 0 Å². The third kappa shape index (κ3) is 1.80. The molecule has 3 rings (SSSR count). The summed E-state index contributed by atoms with van der Waals surface area (Å²) < 4.78 is 5.46. The number of hydrogen-bond acceptors (Lipinski definition) is 4. The SMILES string of the molecule is O=CCN1CC2(CCOCC2)c2ccc(Cl)nc21. The number of pyridine rings is 1. The number of anilines is 1. The van der Waals surface area contributed by atoms with Gasteiger partial charge in [0, 0.05) is 30.7 Å². The number of carbonyl (C=O) groups is 1. The van der Waals surface area contributed by atoms with Gasteiger partial charge in [-0.25, -0.2) is 4.98 Å². The van der Waals surface area contributed by atoms with Crippen molar-refractivity contribution in [2.24, 2.45) is 0 Å². The molecule has 2 aliphatic heterocycles. The predicted octanol–water partition coefficient (Wildman–Crippen LogP) is 1.80. The average Bonchev–Trinajstić information content (AvgIpc) is 2.65. The number of ether oxygens (including phenoxy) is 1. The van der Waals surface area contributed by atoms with Crippen molar-refractivity contribution in [1.29, 1.82) is 0 Å². The summed E-state index contributed by atoms with van der Waals surface area (Å²) in [5.74, 6) is 0.872. The van der Waals surface area contributed by atoms with Crippen molar-refractivity contribution in [1.82, 2.24) is 4.98 Å². The minimum atomic E-state index is 0.0915. The molecule has 0 bridgehead atoms. The zero-order chi connectivity index (χ0) is 12.6. The Hall–Kier alpha value is -1.13. The molecule has 1 aromatic heterocycles. The maximum absolute atomic E-state index is 10.8. The maximum atomic E-state index is 10.8. The molecule has 3 heterocycles. The average molecular weight is 267 g/mol. The summed E-state index contributed by atoms with van der Waals surface area (Å²) in [5.41, 5.74) is 1.31. The highest BCUT2D eigenvalue weighted by molar-refractivity contribution is 6.29. The van der Waals surface area contributed by atoms with Crippen LogP contribution in [0, 0.1) is 0 Å². The predicted molar refractivity (Wildman–Crippen MR) is 69.3 cm³/mol. The van der Waals surface area contributed by atoms with Crippen LogP contribution in [0.2, 0.25) is 5.15 Å². The van der Waals surface area contributed by atoms with E-state index in [9.17, 15) is 4.79 Å². The molecule has 1 aromatic rings. The van der Waals surface area contributed by atoms with Crippen LogP contribution in [-0.4, -0.2) is 37.6 Å². The van der Waals surface area contributed by atoms with E-state index in [4.69, 9.17) is 16.3 Å². The summed E-state index contributed by atoms with van der Waals surface area (Å²) >= 11 is 5.97. The van der Waals surface area contributed by atoms with Crippen molar-refractivity contribution in [3.63, 3.8) is 0 Å². The first kappa shape index (κ1) is 11.9. The number of aldehydes is 1. The van der Waals surface area contributed by atoms with E-state index in [0.29, 0.717) is 11.7 Å². The Morgan fingerprint density at radius 3 is 2.94 bits per heavy atom. The highest BCUT2D eigenvalue weighted by Gasteiger charge is 2.44. The number of aromatic nitrogens is 1. The fraction of sp³-hybridized carbons (Fsp3) is 0.538. The van der Waals surface area contributed by atoms with Gasteiger partial charge in [-0.1, -0.05) is 17.7 Å². The number of carbonyl (C=O) groups excluding carboxylic acids is 1.